The van der Waals surface area contributed by atoms with Gasteiger partial charge in [-0.2, -0.15) is 0 Å². The Morgan fingerprint density at radius 2 is 1.94 bits per heavy atom. The number of rotatable bonds is 4. The van der Waals surface area contributed by atoms with Gasteiger partial charge in [-0.25, -0.2) is 0 Å². The van der Waals surface area contributed by atoms with Crippen LogP contribution in [0.2, 0.25) is 0 Å². The van der Waals surface area contributed by atoms with Gasteiger partial charge in [-0.05, 0) is 43.7 Å². The van der Waals surface area contributed by atoms with E-state index in [1.807, 2.05) is 6.07 Å². The summed E-state index contributed by atoms with van der Waals surface area (Å²) in [6, 6.07) is 8.30. The maximum atomic E-state index is 6.21. The Hall–Kier alpha value is -1.02. The Labute approximate surface area is 97.8 Å². The van der Waals surface area contributed by atoms with E-state index in [-0.39, 0.29) is 5.60 Å². The second kappa shape index (κ2) is 4.88. The average molecular weight is 219 g/mol. The summed E-state index contributed by atoms with van der Waals surface area (Å²) in [6.45, 7) is 2.79. The minimum atomic E-state index is -0.0920. The van der Waals surface area contributed by atoms with E-state index in [4.69, 9.17) is 10.5 Å². The van der Waals surface area contributed by atoms with Crippen LogP contribution in [0.4, 0.5) is 0 Å². The van der Waals surface area contributed by atoms with E-state index in [9.17, 15) is 0 Å². The average Bonchev–Trinajstić information content (AvgIpc) is 2.79. The molecule has 0 aromatic heterocycles. The molecular formula is C14H21NO. The van der Waals surface area contributed by atoms with E-state index >= 15 is 0 Å². The van der Waals surface area contributed by atoms with Crippen molar-refractivity contribution in [3.05, 3.63) is 29.8 Å². The molecule has 0 unspecified atom stereocenters. The van der Waals surface area contributed by atoms with Crippen LogP contribution in [-0.4, -0.2) is 12.1 Å². The smallest absolute Gasteiger partial charge is 0.123 e. The van der Waals surface area contributed by atoms with Crippen LogP contribution < -0.4 is 10.5 Å². The van der Waals surface area contributed by atoms with Gasteiger partial charge in [0.25, 0.3) is 0 Å². The SMILES string of the molecule is CCc1ccccc1OC1(CN)CCCC1. The summed E-state index contributed by atoms with van der Waals surface area (Å²) < 4.78 is 6.21. The van der Waals surface area contributed by atoms with Gasteiger partial charge >= 0.3 is 0 Å². The first kappa shape index (κ1) is 11.5. The minimum absolute atomic E-state index is 0.0920. The number of aryl methyl sites for hydroxylation is 1. The molecule has 1 aromatic rings. The van der Waals surface area contributed by atoms with Crippen molar-refractivity contribution in [3.63, 3.8) is 0 Å². The van der Waals surface area contributed by atoms with Gasteiger partial charge in [0.2, 0.25) is 0 Å². The highest BCUT2D eigenvalue weighted by Gasteiger charge is 2.34. The fourth-order valence-corrected chi connectivity index (χ4v) is 2.50. The zero-order valence-corrected chi connectivity index (χ0v) is 10.0. The van der Waals surface area contributed by atoms with Crippen LogP contribution >= 0.6 is 0 Å². The Morgan fingerprint density at radius 1 is 1.25 bits per heavy atom. The molecule has 16 heavy (non-hydrogen) atoms. The molecule has 2 N–H and O–H groups in total. The molecular weight excluding hydrogens is 198 g/mol. The van der Waals surface area contributed by atoms with Crippen LogP contribution in [0, 0.1) is 0 Å². The molecule has 0 amide bonds. The molecule has 0 bridgehead atoms. The Kier molecular flexibility index (Phi) is 3.49. The van der Waals surface area contributed by atoms with Crippen LogP contribution in [-0.2, 0) is 6.42 Å². The second-order valence-electron chi connectivity index (χ2n) is 4.66. The first-order valence-corrected chi connectivity index (χ1v) is 6.27. The van der Waals surface area contributed by atoms with Crippen LogP contribution in [0.25, 0.3) is 0 Å². The van der Waals surface area contributed by atoms with Crippen molar-refractivity contribution in [1.82, 2.24) is 0 Å². The van der Waals surface area contributed by atoms with Gasteiger partial charge in [0.1, 0.15) is 11.4 Å². The summed E-state index contributed by atoms with van der Waals surface area (Å²) in [5, 5.41) is 0. The van der Waals surface area contributed by atoms with Crippen LogP contribution in [0.15, 0.2) is 24.3 Å². The Balaban J connectivity index is 2.18. The van der Waals surface area contributed by atoms with Crippen molar-refractivity contribution >= 4 is 0 Å². The molecule has 0 spiro atoms. The number of hydrogen-bond acceptors (Lipinski definition) is 2. The van der Waals surface area contributed by atoms with Crippen molar-refractivity contribution in [3.8, 4) is 5.75 Å². The first-order valence-electron chi connectivity index (χ1n) is 6.27. The highest BCUT2D eigenvalue weighted by Crippen LogP contribution is 2.34. The van der Waals surface area contributed by atoms with E-state index in [0.717, 1.165) is 25.0 Å². The molecule has 2 heteroatoms. The van der Waals surface area contributed by atoms with Gasteiger partial charge in [-0.3, -0.25) is 0 Å². The maximum Gasteiger partial charge on any atom is 0.123 e. The van der Waals surface area contributed by atoms with Crippen LogP contribution in [0.5, 0.6) is 5.75 Å². The highest BCUT2D eigenvalue weighted by molar-refractivity contribution is 5.34. The van der Waals surface area contributed by atoms with Crippen molar-refractivity contribution in [2.75, 3.05) is 6.54 Å². The summed E-state index contributed by atoms with van der Waals surface area (Å²) in [5.74, 6) is 1.03. The first-order chi connectivity index (χ1) is 7.79. The molecule has 0 heterocycles. The molecule has 2 rings (SSSR count). The molecule has 88 valence electrons. The zero-order chi connectivity index (χ0) is 11.4. The Bertz CT molecular complexity index is 342. The van der Waals surface area contributed by atoms with Gasteiger partial charge in [-0.1, -0.05) is 25.1 Å². The molecule has 0 radical (unpaired) electrons. The molecule has 1 aliphatic carbocycles. The van der Waals surface area contributed by atoms with E-state index in [1.165, 1.54) is 18.4 Å². The van der Waals surface area contributed by atoms with Gasteiger partial charge < -0.3 is 10.5 Å². The lowest BCUT2D eigenvalue weighted by atomic mass is 10.0. The number of benzene rings is 1. The number of nitrogens with two attached hydrogens (primary N) is 1. The highest BCUT2D eigenvalue weighted by atomic mass is 16.5. The normalized spacial score (nSPS) is 18.6. The fraction of sp³-hybridized carbons (Fsp3) is 0.571. The summed E-state index contributed by atoms with van der Waals surface area (Å²) >= 11 is 0. The summed E-state index contributed by atoms with van der Waals surface area (Å²) in [7, 11) is 0. The summed E-state index contributed by atoms with van der Waals surface area (Å²) in [6.07, 6.45) is 5.69. The molecule has 0 atom stereocenters. The lowest BCUT2D eigenvalue weighted by Crippen LogP contribution is -2.41. The summed E-state index contributed by atoms with van der Waals surface area (Å²) in [4.78, 5) is 0. The lowest BCUT2D eigenvalue weighted by molar-refractivity contribution is 0.0841. The van der Waals surface area contributed by atoms with Crippen molar-refractivity contribution in [2.24, 2.45) is 5.73 Å². The standard InChI is InChI=1S/C14H21NO/c1-2-12-7-3-4-8-13(12)16-14(11-15)9-5-6-10-14/h3-4,7-8H,2,5-6,9-11,15H2,1H3. The Morgan fingerprint density at radius 3 is 2.56 bits per heavy atom. The van der Waals surface area contributed by atoms with E-state index in [2.05, 4.69) is 25.1 Å². The van der Waals surface area contributed by atoms with E-state index in [0.29, 0.717) is 6.54 Å². The molecule has 0 aliphatic heterocycles. The zero-order valence-electron chi connectivity index (χ0n) is 10.0. The van der Waals surface area contributed by atoms with Crippen LogP contribution in [0.3, 0.4) is 0 Å². The largest absolute Gasteiger partial charge is 0.486 e. The second-order valence-corrected chi connectivity index (χ2v) is 4.66. The minimum Gasteiger partial charge on any atom is -0.486 e. The van der Waals surface area contributed by atoms with E-state index in [1.54, 1.807) is 0 Å². The molecule has 1 aliphatic rings. The molecule has 0 saturated heterocycles. The number of ether oxygens (including phenoxy) is 1. The fourth-order valence-electron chi connectivity index (χ4n) is 2.50. The molecule has 1 aromatic carbocycles. The van der Waals surface area contributed by atoms with Gasteiger partial charge in [0.15, 0.2) is 0 Å². The quantitative estimate of drug-likeness (QED) is 0.845. The molecule has 2 nitrogen and oxygen atoms in total. The van der Waals surface area contributed by atoms with Crippen molar-refractivity contribution in [1.29, 1.82) is 0 Å². The molecule has 1 saturated carbocycles. The monoisotopic (exact) mass is 219 g/mol. The predicted molar refractivity (Wildman–Crippen MR) is 66.7 cm³/mol. The lowest BCUT2D eigenvalue weighted by Gasteiger charge is -2.29. The van der Waals surface area contributed by atoms with Crippen molar-refractivity contribution in [2.45, 2.75) is 44.6 Å². The third-order valence-electron chi connectivity index (χ3n) is 3.57. The van der Waals surface area contributed by atoms with Crippen molar-refractivity contribution < 1.29 is 4.74 Å². The molecule has 1 fully saturated rings. The van der Waals surface area contributed by atoms with Crippen LogP contribution in [0.1, 0.15) is 38.2 Å². The third kappa shape index (κ3) is 2.22. The third-order valence-corrected chi connectivity index (χ3v) is 3.57. The maximum absolute atomic E-state index is 6.21. The number of hydrogen-bond donors (Lipinski definition) is 1. The van der Waals surface area contributed by atoms with Gasteiger partial charge in [-0.15, -0.1) is 0 Å². The number of para-hydroxylation sites is 1. The summed E-state index contributed by atoms with van der Waals surface area (Å²) in [5.41, 5.74) is 7.07. The van der Waals surface area contributed by atoms with Gasteiger partial charge in [0, 0.05) is 6.54 Å². The van der Waals surface area contributed by atoms with Gasteiger partial charge in [0.05, 0.1) is 0 Å². The van der Waals surface area contributed by atoms with E-state index < -0.39 is 0 Å². The topological polar surface area (TPSA) is 35.2 Å². The predicted octanol–water partition coefficient (Wildman–Crippen LogP) is 2.90.